The highest BCUT2D eigenvalue weighted by atomic mass is 32.2. The van der Waals surface area contributed by atoms with E-state index in [4.69, 9.17) is 4.74 Å². The van der Waals surface area contributed by atoms with Gasteiger partial charge in [0.05, 0.1) is 17.6 Å². The minimum Gasteiger partial charge on any atom is -0.465 e. The van der Waals surface area contributed by atoms with Crippen molar-refractivity contribution in [2.45, 2.75) is 63.2 Å². The van der Waals surface area contributed by atoms with Gasteiger partial charge in [-0.05, 0) is 68.7 Å². The van der Waals surface area contributed by atoms with Crippen LogP contribution in [0.15, 0.2) is 23.1 Å². The molecule has 1 saturated heterocycles. The third-order valence-electron chi connectivity index (χ3n) is 6.44. The van der Waals surface area contributed by atoms with Gasteiger partial charge in [-0.1, -0.05) is 18.9 Å². The highest BCUT2D eigenvalue weighted by Gasteiger charge is 2.29. The second kappa shape index (κ2) is 9.95. The molecule has 178 valence electrons. The standard InChI is InChI=1S/C24H30N2O5S2/c1-16-11-12-17(33(29,30)26-13-7-3-4-8-14-26)15-19(16)22(27)25-23-21(24(28)31-2)18-9-5-6-10-20(18)32-23/h11-12,15H,3-10,13-14H2,1-2H3,(H,25,27). The van der Waals surface area contributed by atoms with Gasteiger partial charge in [0, 0.05) is 23.5 Å². The molecule has 33 heavy (non-hydrogen) atoms. The maximum atomic E-state index is 13.3. The molecule has 7 nitrogen and oxygen atoms in total. The largest absolute Gasteiger partial charge is 0.465 e. The normalized spacial score (nSPS) is 17.2. The quantitative estimate of drug-likeness (QED) is 0.621. The first-order valence-electron chi connectivity index (χ1n) is 11.5. The van der Waals surface area contributed by atoms with Crippen LogP contribution in [0.1, 0.15) is 75.2 Å². The number of thiophene rings is 1. The zero-order valence-corrected chi connectivity index (χ0v) is 20.7. The number of hydrogen-bond acceptors (Lipinski definition) is 6. The fourth-order valence-electron chi connectivity index (χ4n) is 4.58. The Balaban J connectivity index is 1.65. The van der Waals surface area contributed by atoms with Crippen molar-refractivity contribution in [3.8, 4) is 0 Å². The Morgan fingerprint density at radius 1 is 1.03 bits per heavy atom. The monoisotopic (exact) mass is 490 g/mol. The van der Waals surface area contributed by atoms with Crippen molar-refractivity contribution < 1.29 is 22.7 Å². The first-order chi connectivity index (χ1) is 15.8. The summed E-state index contributed by atoms with van der Waals surface area (Å²) in [5, 5.41) is 3.35. The summed E-state index contributed by atoms with van der Waals surface area (Å²) in [5.41, 5.74) is 2.34. The van der Waals surface area contributed by atoms with Gasteiger partial charge in [-0.3, -0.25) is 4.79 Å². The molecule has 1 aliphatic carbocycles. The van der Waals surface area contributed by atoms with Crippen LogP contribution >= 0.6 is 11.3 Å². The minimum absolute atomic E-state index is 0.124. The number of hydrogen-bond donors (Lipinski definition) is 1. The van der Waals surface area contributed by atoms with Crippen molar-refractivity contribution in [2.24, 2.45) is 0 Å². The Bertz CT molecular complexity index is 1160. The van der Waals surface area contributed by atoms with Crippen LogP contribution in [-0.2, 0) is 27.6 Å². The Kier molecular flexibility index (Phi) is 7.21. The topological polar surface area (TPSA) is 92.8 Å². The van der Waals surface area contributed by atoms with Gasteiger partial charge in [0.15, 0.2) is 0 Å². The maximum absolute atomic E-state index is 13.3. The van der Waals surface area contributed by atoms with Crippen LogP contribution < -0.4 is 5.32 Å². The number of sulfonamides is 1. The van der Waals surface area contributed by atoms with E-state index in [2.05, 4.69) is 5.32 Å². The summed E-state index contributed by atoms with van der Waals surface area (Å²) in [6.07, 6.45) is 7.46. The predicted molar refractivity (Wildman–Crippen MR) is 129 cm³/mol. The molecule has 0 unspecified atom stereocenters. The van der Waals surface area contributed by atoms with Crippen molar-refractivity contribution in [3.63, 3.8) is 0 Å². The van der Waals surface area contributed by atoms with E-state index in [-0.39, 0.29) is 10.5 Å². The molecule has 1 aromatic heterocycles. The number of methoxy groups -OCH3 is 1. The Morgan fingerprint density at radius 2 is 1.73 bits per heavy atom. The second-order valence-electron chi connectivity index (χ2n) is 8.66. The third-order valence-corrected chi connectivity index (χ3v) is 9.55. The lowest BCUT2D eigenvalue weighted by Gasteiger charge is -2.20. The highest BCUT2D eigenvalue weighted by molar-refractivity contribution is 7.89. The van der Waals surface area contributed by atoms with Crippen LogP contribution in [0.3, 0.4) is 0 Å². The molecule has 0 radical (unpaired) electrons. The fraction of sp³-hybridized carbons (Fsp3) is 0.500. The van der Waals surface area contributed by atoms with Gasteiger partial charge >= 0.3 is 5.97 Å². The summed E-state index contributed by atoms with van der Waals surface area (Å²) < 4.78 is 33.0. The van der Waals surface area contributed by atoms with Crippen LogP contribution in [0, 0.1) is 6.92 Å². The number of carbonyl (C=O) groups is 2. The lowest BCUT2D eigenvalue weighted by molar-refractivity contribution is 0.0601. The van der Waals surface area contributed by atoms with Gasteiger partial charge in [-0.2, -0.15) is 4.31 Å². The molecule has 1 fully saturated rings. The molecule has 2 aromatic rings. The van der Waals surface area contributed by atoms with Gasteiger partial charge in [-0.15, -0.1) is 11.3 Å². The number of nitrogens with zero attached hydrogens (tertiary/aromatic N) is 1. The summed E-state index contributed by atoms with van der Waals surface area (Å²) in [6.45, 7) is 2.78. The predicted octanol–water partition coefficient (Wildman–Crippen LogP) is 4.54. The van der Waals surface area contributed by atoms with Gasteiger partial charge in [0.1, 0.15) is 5.00 Å². The number of rotatable bonds is 5. The molecule has 0 atom stereocenters. The SMILES string of the molecule is COC(=O)c1c(NC(=O)c2cc(S(=O)(=O)N3CCCCCC3)ccc2C)sc2c1CCCC2. The number of amides is 1. The van der Waals surface area contributed by atoms with Crippen molar-refractivity contribution >= 4 is 38.2 Å². The molecule has 9 heteroatoms. The van der Waals surface area contributed by atoms with Gasteiger partial charge in [0.2, 0.25) is 10.0 Å². The summed E-state index contributed by atoms with van der Waals surface area (Å²) in [5.74, 6) is -0.886. The first-order valence-corrected chi connectivity index (χ1v) is 13.7. The molecule has 0 bridgehead atoms. The van der Waals surface area contributed by atoms with Crippen molar-refractivity contribution in [3.05, 3.63) is 45.3 Å². The lowest BCUT2D eigenvalue weighted by atomic mass is 9.95. The Hall–Kier alpha value is -2.23. The van der Waals surface area contributed by atoms with E-state index in [1.807, 2.05) is 0 Å². The van der Waals surface area contributed by atoms with Crippen LogP contribution in [0.2, 0.25) is 0 Å². The summed E-state index contributed by atoms with van der Waals surface area (Å²) >= 11 is 1.41. The van der Waals surface area contributed by atoms with Gasteiger partial charge in [-0.25, -0.2) is 13.2 Å². The van der Waals surface area contributed by atoms with E-state index in [1.54, 1.807) is 19.1 Å². The molecule has 2 aliphatic rings. The van der Waals surface area contributed by atoms with Crippen molar-refractivity contribution in [1.29, 1.82) is 0 Å². The smallest absolute Gasteiger partial charge is 0.341 e. The average Bonchev–Trinajstić information content (AvgIpc) is 2.96. The summed E-state index contributed by atoms with van der Waals surface area (Å²) in [7, 11) is -2.34. The van der Waals surface area contributed by atoms with E-state index < -0.39 is 21.9 Å². The van der Waals surface area contributed by atoms with Crippen LogP contribution in [0.4, 0.5) is 5.00 Å². The second-order valence-corrected chi connectivity index (χ2v) is 11.7. The fourth-order valence-corrected chi connectivity index (χ4v) is 7.40. The number of fused-ring (bicyclic) bond motifs is 1. The molecule has 0 spiro atoms. The Labute approximate surface area is 199 Å². The minimum atomic E-state index is -3.68. The summed E-state index contributed by atoms with van der Waals surface area (Å²) in [4.78, 5) is 27.0. The van der Waals surface area contributed by atoms with Crippen LogP contribution in [-0.4, -0.2) is 44.8 Å². The number of aryl methyl sites for hydroxylation is 2. The zero-order valence-electron chi connectivity index (χ0n) is 19.1. The highest BCUT2D eigenvalue weighted by Crippen LogP contribution is 2.39. The van der Waals surface area contributed by atoms with E-state index in [9.17, 15) is 18.0 Å². The molecule has 1 aliphatic heterocycles. The number of anilines is 1. The molecular weight excluding hydrogens is 460 g/mol. The molecule has 1 amide bonds. The van der Waals surface area contributed by atoms with E-state index >= 15 is 0 Å². The number of carbonyl (C=O) groups excluding carboxylic acids is 2. The van der Waals surface area contributed by atoms with Crippen molar-refractivity contribution in [1.82, 2.24) is 4.31 Å². The Morgan fingerprint density at radius 3 is 2.42 bits per heavy atom. The zero-order chi connectivity index (χ0) is 23.6. The van der Waals surface area contributed by atoms with Gasteiger partial charge in [0.25, 0.3) is 5.91 Å². The molecule has 2 heterocycles. The lowest BCUT2D eigenvalue weighted by Crippen LogP contribution is -2.32. The van der Waals surface area contributed by atoms with Crippen molar-refractivity contribution in [2.75, 3.05) is 25.5 Å². The van der Waals surface area contributed by atoms with Crippen LogP contribution in [0.25, 0.3) is 0 Å². The summed E-state index contributed by atoms with van der Waals surface area (Å²) in [6, 6.07) is 4.69. The molecule has 0 saturated carbocycles. The third kappa shape index (κ3) is 4.85. The molecular formula is C24H30N2O5S2. The first kappa shape index (κ1) is 23.9. The molecule has 4 rings (SSSR count). The number of benzene rings is 1. The van der Waals surface area contributed by atoms with Gasteiger partial charge < -0.3 is 10.1 Å². The maximum Gasteiger partial charge on any atom is 0.341 e. The van der Waals surface area contributed by atoms with Crippen LogP contribution in [0.5, 0.6) is 0 Å². The average molecular weight is 491 g/mol. The number of ether oxygens (including phenoxy) is 1. The van der Waals surface area contributed by atoms with E-state index in [0.717, 1.165) is 61.8 Å². The number of esters is 1. The van der Waals surface area contributed by atoms with E-state index in [1.165, 1.54) is 28.8 Å². The number of nitrogens with one attached hydrogen (secondary N) is 1. The molecule has 1 aromatic carbocycles. The molecule has 1 N–H and O–H groups in total. The van der Waals surface area contributed by atoms with E-state index in [0.29, 0.717) is 29.2 Å².